The van der Waals surface area contributed by atoms with Crippen molar-refractivity contribution in [3.8, 4) is 0 Å². The molecule has 4 rings (SSSR count). The van der Waals surface area contributed by atoms with Crippen molar-refractivity contribution in [1.29, 1.82) is 0 Å². The fourth-order valence-electron chi connectivity index (χ4n) is 3.31. The summed E-state index contributed by atoms with van der Waals surface area (Å²) in [7, 11) is 0. The van der Waals surface area contributed by atoms with Crippen LogP contribution in [0.4, 0.5) is 14.9 Å². The van der Waals surface area contributed by atoms with Gasteiger partial charge in [-0.1, -0.05) is 39.7 Å². The summed E-state index contributed by atoms with van der Waals surface area (Å²) >= 11 is 9.05. The first-order valence-corrected chi connectivity index (χ1v) is 9.99. The lowest BCUT2D eigenvalue weighted by Gasteiger charge is -2.32. The van der Waals surface area contributed by atoms with Gasteiger partial charge in [0.05, 0.1) is 23.0 Å². The lowest BCUT2D eigenvalue weighted by molar-refractivity contribution is -0.136. The third kappa shape index (κ3) is 3.90. The number of cyclic esters (lactones) is 1. The van der Waals surface area contributed by atoms with Crippen molar-refractivity contribution in [3.63, 3.8) is 0 Å². The van der Waals surface area contributed by atoms with Gasteiger partial charge in [-0.15, -0.1) is 0 Å². The van der Waals surface area contributed by atoms with E-state index in [1.165, 1.54) is 12.1 Å². The maximum Gasteiger partial charge on any atom is 0.338 e. The highest BCUT2D eigenvalue weighted by Crippen LogP contribution is 2.35. The topological polar surface area (TPSA) is 87.7 Å². The van der Waals surface area contributed by atoms with Crippen LogP contribution in [0.2, 0.25) is 5.02 Å². The molecule has 2 aromatic carbocycles. The Morgan fingerprint density at radius 1 is 1.27 bits per heavy atom. The number of benzene rings is 2. The van der Waals surface area contributed by atoms with E-state index >= 15 is 0 Å². The first kappa shape index (κ1) is 20.4. The summed E-state index contributed by atoms with van der Waals surface area (Å²) in [6.07, 6.45) is 0. The maximum absolute atomic E-state index is 14.0. The molecule has 3 amide bonds. The standard InChI is InChI=1S/C20H14BrClFN3O4/c21-11-3-6-14(13(23)7-11)24-16(27)8-26-15-9-30-19(28)17(15)18(25-20(26)29)10-1-4-12(22)5-2-10/h1-7,18H,8-9H2,(H,24,27)(H,25,29). The molecule has 1 unspecified atom stereocenters. The van der Waals surface area contributed by atoms with Gasteiger partial charge in [-0.2, -0.15) is 0 Å². The summed E-state index contributed by atoms with van der Waals surface area (Å²) in [5.74, 6) is -1.82. The molecule has 7 nitrogen and oxygen atoms in total. The minimum atomic E-state index is -0.719. The second-order valence-electron chi connectivity index (χ2n) is 6.63. The number of carbonyl (C=O) groups is 3. The monoisotopic (exact) mass is 493 g/mol. The van der Waals surface area contributed by atoms with E-state index in [4.69, 9.17) is 16.3 Å². The van der Waals surface area contributed by atoms with Crippen molar-refractivity contribution in [2.45, 2.75) is 6.04 Å². The molecule has 2 heterocycles. The second-order valence-corrected chi connectivity index (χ2v) is 7.98. The second kappa shape index (κ2) is 8.08. The Hall–Kier alpha value is -2.91. The van der Waals surface area contributed by atoms with Crippen LogP contribution in [0.25, 0.3) is 0 Å². The number of esters is 1. The summed E-state index contributed by atoms with van der Waals surface area (Å²) in [6, 6.07) is 9.59. The Labute approximate surface area is 184 Å². The normalized spacial score (nSPS) is 18.1. The zero-order valence-corrected chi connectivity index (χ0v) is 17.6. The highest BCUT2D eigenvalue weighted by Gasteiger charge is 2.42. The number of halogens is 3. The van der Waals surface area contributed by atoms with E-state index in [2.05, 4.69) is 26.6 Å². The fraction of sp³-hybridized carbons (Fsp3) is 0.150. The molecule has 0 bridgehead atoms. The summed E-state index contributed by atoms with van der Waals surface area (Å²) in [4.78, 5) is 38.6. The molecule has 30 heavy (non-hydrogen) atoms. The molecule has 0 radical (unpaired) electrons. The first-order chi connectivity index (χ1) is 14.3. The molecule has 0 saturated carbocycles. The molecule has 0 spiro atoms. The van der Waals surface area contributed by atoms with Crippen LogP contribution in [0.5, 0.6) is 0 Å². The summed E-state index contributed by atoms with van der Waals surface area (Å²) < 4.78 is 19.6. The van der Waals surface area contributed by atoms with E-state index in [1.807, 2.05) is 0 Å². The van der Waals surface area contributed by atoms with Crippen LogP contribution in [0, 0.1) is 5.82 Å². The van der Waals surface area contributed by atoms with Gasteiger partial charge in [0.1, 0.15) is 19.0 Å². The fourth-order valence-corrected chi connectivity index (χ4v) is 3.77. The first-order valence-electron chi connectivity index (χ1n) is 8.82. The van der Waals surface area contributed by atoms with Gasteiger partial charge >= 0.3 is 12.0 Å². The van der Waals surface area contributed by atoms with Crippen LogP contribution in [0.1, 0.15) is 11.6 Å². The average molecular weight is 495 g/mol. The molecule has 1 atom stereocenters. The van der Waals surface area contributed by atoms with E-state index in [9.17, 15) is 18.8 Å². The zero-order chi connectivity index (χ0) is 21.4. The van der Waals surface area contributed by atoms with E-state index in [0.717, 1.165) is 4.90 Å². The van der Waals surface area contributed by atoms with Crippen molar-refractivity contribution < 1.29 is 23.5 Å². The Kier molecular flexibility index (Phi) is 5.48. The molecule has 0 saturated heterocycles. The minimum Gasteiger partial charge on any atom is -0.456 e. The molecule has 154 valence electrons. The van der Waals surface area contributed by atoms with Crippen molar-refractivity contribution in [1.82, 2.24) is 10.2 Å². The Morgan fingerprint density at radius 3 is 2.70 bits per heavy atom. The van der Waals surface area contributed by atoms with Gasteiger partial charge in [0.2, 0.25) is 5.91 Å². The number of amides is 3. The number of carbonyl (C=O) groups excluding carboxylic acids is 3. The average Bonchev–Trinajstić information content (AvgIpc) is 3.08. The molecule has 2 aliphatic rings. The smallest absolute Gasteiger partial charge is 0.338 e. The number of nitrogens with one attached hydrogen (secondary N) is 2. The summed E-state index contributed by atoms with van der Waals surface area (Å²) in [5, 5.41) is 5.66. The largest absolute Gasteiger partial charge is 0.456 e. The number of urea groups is 1. The van der Waals surface area contributed by atoms with Crippen LogP contribution in [0.15, 0.2) is 58.2 Å². The number of hydrogen-bond acceptors (Lipinski definition) is 4. The molecule has 2 aromatic rings. The van der Waals surface area contributed by atoms with Gasteiger partial charge in [-0.3, -0.25) is 9.69 Å². The van der Waals surface area contributed by atoms with Crippen LogP contribution < -0.4 is 10.6 Å². The van der Waals surface area contributed by atoms with Crippen molar-refractivity contribution in [2.24, 2.45) is 0 Å². The minimum absolute atomic E-state index is 0.0207. The zero-order valence-electron chi connectivity index (χ0n) is 15.2. The van der Waals surface area contributed by atoms with Crippen molar-refractivity contribution in [2.75, 3.05) is 18.5 Å². The van der Waals surface area contributed by atoms with E-state index in [1.54, 1.807) is 30.3 Å². The van der Waals surface area contributed by atoms with Gasteiger partial charge < -0.3 is 15.4 Å². The molecule has 0 fully saturated rings. The van der Waals surface area contributed by atoms with Gasteiger partial charge in [-0.25, -0.2) is 14.0 Å². The predicted octanol–water partition coefficient (Wildman–Crippen LogP) is 3.76. The number of anilines is 1. The molecule has 2 aliphatic heterocycles. The van der Waals surface area contributed by atoms with Crippen molar-refractivity contribution in [3.05, 3.63) is 74.6 Å². The predicted molar refractivity (Wildman–Crippen MR) is 110 cm³/mol. The van der Waals surface area contributed by atoms with E-state index in [-0.39, 0.29) is 17.9 Å². The number of nitrogens with zero attached hydrogens (tertiary/aromatic N) is 1. The van der Waals surface area contributed by atoms with Gasteiger partial charge in [0.25, 0.3) is 0 Å². The quantitative estimate of drug-likeness (QED) is 0.634. The van der Waals surface area contributed by atoms with Crippen LogP contribution in [-0.4, -0.2) is 36.0 Å². The highest BCUT2D eigenvalue weighted by molar-refractivity contribution is 9.10. The third-order valence-corrected chi connectivity index (χ3v) is 5.45. The van der Waals surface area contributed by atoms with Gasteiger partial charge in [-0.05, 0) is 35.9 Å². The molecule has 10 heteroatoms. The van der Waals surface area contributed by atoms with Gasteiger partial charge in [0.15, 0.2) is 0 Å². The Balaban J connectivity index is 1.59. The van der Waals surface area contributed by atoms with Crippen LogP contribution in [-0.2, 0) is 14.3 Å². The maximum atomic E-state index is 14.0. The molecule has 0 aromatic heterocycles. The van der Waals surface area contributed by atoms with Crippen LogP contribution >= 0.6 is 27.5 Å². The summed E-state index contributed by atoms with van der Waals surface area (Å²) in [6.45, 7) is -0.546. The van der Waals surface area contributed by atoms with Crippen LogP contribution in [0.3, 0.4) is 0 Å². The molecular weight excluding hydrogens is 481 g/mol. The number of rotatable bonds is 4. The summed E-state index contributed by atoms with van der Waals surface area (Å²) in [5.41, 5.74) is 1.18. The van der Waals surface area contributed by atoms with Crippen molar-refractivity contribution >= 4 is 51.1 Å². The third-order valence-electron chi connectivity index (χ3n) is 4.71. The number of hydrogen-bond donors (Lipinski definition) is 2. The van der Waals surface area contributed by atoms with E-state index < -0.39 is 36.3 Å². The SMILES string of the molecule is O=C(CN1C(=O)NC(c2ccc(Cl)cc2)C2=C1COC2=O)Nc1ccc(Br)cc1F. The highest BCUT2D eigenvalue weighted by atomic mass is 79.9. The molecule has 2 N–H and O–H groups in total. The molecular formula is C20H14BrClFN3O4. The Morgan fingerprint density at radius 2 is 2.00 bits per heavy atom. The lowest BCUT2D eigenvalue weighted by atomic mass is 9.96. The lowest BCUT2D eigenvalue weighted by Crippen LogP contribution is -2.49. The van der Waals surface area contributed by atoms with E-state index in [0.29, 0.717) is 20.8 Å². The van der Waals surface area contributed by atoms with Gasteiger partial charge in [0, 0.05) is 9.50 Å². The Bertz CT molecular complexity index is 1090. The number of ether oxygens (including phenoxy) is 1. The molecule has 0 aliphatic carbocycles.